The second kappa shape index (κ2) is 14.1. The fraction of sp³-hybridized carbons (Fsp3) is 0.294. The van der Waals surface area contributed by atoms with Crippen LogP contribution < -0.4 is 0 Å². The molecule has 5 heteroatoms. The first-order chi connectivity index (χ1) is 18.9. The van der Waals surface area contributed by atoms with Crippen molar-refractivity contribution in [3.63, 3.8) is 0 Å². The molecule has 5 nitrogen and oxygen atoms in total. The van der Waals surface area contributed by atoms with Gasteiger partial charge < -0.3 is 10.2 Å². The van der Waals surface area contributed by atoms with E-state index in [1.54, 1.807) is 24.3 Å². The second-order valence-electron chi connectivity index (χ2n) is 9.62. The third kappa shape index (κ3) is 7.47. The predicted octanol–water partition coefficient (Wildman–Crippen LogP) is 8.56. The zero-order valence-electron chi connectivity index (χ0n) is 24.0. The fourth-order valence-electron chi connectivity index (χ4n) is 4.40. The average Bonchev–Trinajstić information content (AvgIpc) is 3.31. The Balaban J connectivity index is 0.000000787. The van der Waals surface area contributed by atoms with Gasteiger partial charge in [-0.1, -0.05) is 90.4 Å². The number of aromatic nitrogens is 3. The highest BCUT2D eigenvalue weighted by Crippen LogP contribution is 2.29. The average molecular weight is 524 g/mol. The molecule has 3 aromatic carbocycles. The van der Waals surface area contributed by atoms with E-state index in [-0.39, 0.29) is 17.4 Å². The number of imidazole rings is 1. The highest BCUT2D eigenvalue weighted by molar-refractivity contribution is 5.63. The Bertz CT molecular complexity index is 1440. The van der Waals surface area contributed by atoms with Crippen molar-refractivity contribution in [3.05, 3.63) is 113 Å². The van der Waals surface area contributed by atoms with Crippen LogP contribution >= 0.6 is 0 Å². The summed E-state index contributed by atoms with van der Waals surface area (Å²) in [5, 5.41) is 19.4. The van der Waals surface area contributed by atoms with Crippen molar-refractivity contribution in [2.45, 2.75) is 66.7 Å². The molecular weight excluding hydrogens is 482 g/mol. The lowest BCUT2D eigenvalue weighted by Gasteiger charge is -2.12. The van der Waals surface area contributed by atoms with E-state index >= 15 is 0 Å². The molecule has 2 aromatic heterocycles. The van der Waals surface area contributed by atoms with Crippen LogP contribution in [0.4, 0.5) is 0 Å². The van der Waals surface area contributed by atoms with Crippen LogP contribution in [0.15, 0.2) is 85.1 Å². The number of nitrogens with zero attached hydrogens (tertiary/aromatic N) is 3. The number of fused-ring (bicyclic) bond motifs is 1. The van der Waals surface area contributed by atoms with Crippen LogP contribution in [0.2, 0.25) is 0 Å². The highest BCUT2D eigenvalue weighted by Gasteiger charge is 2.20. The Morgan fingerprint density at radius 3 is 1.77 bits per heavy atom. The smallest absolute Gasteiger partial charge is 0.159 e. The maximum Gasteiger partial charge on any atom is 0.159 e. The molecule has 2 N–H and O–H groups in total. The van der Waals surface area contributed by atoms with Crippen LogP contribution in [0.25, 0.3) is 16.9 Å². The molecule has 0 atom stereocenters. The lowest BCUT2D eigenvalue weighted by atomic mass is 10.0. The molecule has 0 amide bonds. The van der Waals surface area contributed by atoms with Gasteiger partial charge in [0.05, 0.1) is 17.1 Å². The Morgan fingerprint density at radius 2 is 1.21 bits per heavy atom. The van der Waals surface area contributed by atoms with Crippen LogP contribution in [0, 0.1) is 0 Å². The zero-order chi connectivity index (χ0) is 28.4. The highest BCUT2D eigenvalue weighted by atomic mass is 16.3. The van der Waals surface area contributed by atoms with Gasteiger partial charge in [0.25, 0.3) is 0 Å². The van der Waals surface area contributed by atoms with Crippen LogP contribution in [-0.4, -0.2) is 24.6 Å². The first-order valence-electron chi connectivity index (χ1n) is 13.9. The number of hydrogen-bond acceptors (Lipinski definition) is 4. The molecule has 5 aromatic rings. The molecule has 39 heavy (non-hydrogen) atoms. The van der Waals surface area contributed by atoms with Gasteiger partial charge in [-0.2, -0.15) is 0 Å². The molecule has 204 valence electrons. The minimum Gasteiger partial charge on any atom is -0.508 e. The number of aromatic hydroxyl groups is 2. The molecule has 0 radical (unpaired) electrons. The molecule has 0 aliphatic rings. The fourth-order valence-corrected chi connectivity index (χ4v) is 4.40. The summed E-state index contributed by atoms with van der Waals surface area (Å²) in [4.78, 5) is 10.1. The van der Waals surface area contributed by atoms with E-state index in [1.807, 2.05) is 56.3 Å². The van der Waals surface area contributed by atoms with Gasteiger partial charge in [-0.15, -0.1) is 0 Å². The summed E-state index contributed by atoms with van der Waals surface area (Å²) >= 11 is 0. The molecule has 0 aliphatic carbocycles. The number of rotatable bonds is 6. The summed E-state index contributed by atoms with van der Waals surface area (Å²) in [5.41, 5.74) is 8.00. The van der Waals surface area contributed by atoms with Gasteiger partial charge in [-0.25, -0.2) is 9.97 Å². The SMILES string of the molecule is CC.CC(C)c1c(Cc2ccc(O)cc2)nc2c(Cc3ccccc3)nc(-c3ccc(O)cc3)cn12.CCC. The summed E-state index contributed by atoms with van der Waals surface area (Å²) < 4.78 is 2.19. The third-order valence-corrected chi connectivity index (χ3v) is 6.02. The first-order valence-corrected chi connectivity index (χ1v) is 13.9. The van der Waals surface area contributed by atoms with E-state index in [0.717, 1.165) is 39.5 Å². The van der Waals surface area contributed by atoms with E-state index in [2.05, 4.69) is 50.4 Å². The van der Waals surface area contributed by atoms with Crippen molar-refractivity contribution >= 4 is 5.65 Å². The van der Waals surface area contributed by atoms with Gasteiger partial charge in [0, 0.05) is 30.3 Å². The van der Waals surface area contributed by atoms with E-state index in [0.29, 0.717) is 12.8 Å². The standard InChI is InChI=1S/C29H27N3O2.C3H8.C2H6/c1-19(2)28-25(16-21-8-12-23(33)13-9-21)31-29-26(17-20-6-4-3-5-7-20)30-27(18-32(28)29)22-10-14-24(34)15-11-22;1-3-2;1-2/h3-15,18-19,33-34H,16-17H2,1-2H3;3H2,1-2H3;1-2H3. The summed E-state index contributed by atoms with van der Waals surface area (Å²) in [5.74, 6) is 0.744. The van der Waals surface area contributed by atoms with Crippen LogP contribution in [-0.2, 0) is 12.8 Å². The quantitative estimate of drug-likeness (QED) is 0.234. The minimum absolute atomic E-state index is 0.232. The molecule has 5 rings (SSSR count). The molecule has 0 saturated carbocycles. The van der Waals surface area contributed by atoms with Gasteiger partial charge in [-0.05, 0) is 53.4 Å². The normalized spacial score (nSPS) is 10.5. The van der Waals surface area contributed by atoms with Crippen molar-refractivity contribution in [1.82, 2.24) is 14.4 Å². The van der Waals surface area contributed by atoms with Crippen molar-refractivity contribution in [3.8, 4) is 22.8 Å². The predicted molar refractivity (Wildman–Crippen MR) is 162 cm³/mol. The van der Waals surface area contributed by atoms with E-state index in [9.17, 15) is 10.2 Å². The van der Waals surface area contributed by atoms with Crippen molar-refractivity contribution in [2.24, 2.45) is 0 Å². The first kappa shape index (κ1) is 29.4. The Kier molecular flexibility index (Phi) is 10.7. The Hall–Kier alpha value is -4.12. The third-order valence-electron chi connectivity index (χ3n) is 6.02. The van der Waals surface area contributed by atoms with Gasteiger partial charge in [0.1, 0.15) is 11.5 Å². The lowest BCUT2D eigenvalue weighted by Crippen LogP contribution is -2.04. The van der Waals surface area contributed by atoms with Gasteiger partial charge in [-0.3, -0.25) is 4.40 Å². The van der Waals surface area contributed by atoms with Gasteiger partial charge in [0.15, 0.2) is 5.65 Å². The maximum absolute atomic E-state index is 9.75. The molecule has 0 bridgehead atoms. The zero-order valence-corrected chi connectivity index (χ0v) is 24.0. The molecule has 2 heterocycles. The van der Waals surface area contributed by atoms with Crippen LogP contribution in [0.5, 0.6) is 11.5 Å². The summed E-state index contributed by atoms with van der Waals surface area (Å²) in [7, 11) is 0. The van der Waals surface area contributed by atoms with E-state index in [4.69, 9.17) is 9.97 Å². The summed E-state index contributed by atoms with van der Waals surface area (Å²) in [6.45, 7) is 12.6. The van der Waals surface area contributed by atoms with E-state index in [1.165, 1.54) is 12.0 Å². The Morgan fingerprint density at radius 1 is 0.692 bits per heavy atom. The molecule has 0 unspecified atom stereocenters. The van der Waals surface area contributed by atoms with Crippen LogP contribution in [0.3, 0.4) is 0 Å². The van der Waals surface area contributed by atoms with E-state index < -0.39 is 0 Å². The molecular formula is C34H41N3O2. The van der Waals surface area contributed by atoms with Crippen molar-refractivity contribution in [1.29, 1.82) is 0 Å². The number of phenols is 2. The van der Waals surface area contributed by atoms with Gasteiger partial charge >= 0.3 is 0 Å². The molecule has 0 aliphatic heterocycles. The maximum atomic E-state index is 9.75. The van der Waals surface area contributed by atoms with Crippen molar-refractivity contribution in [2.75, 3.05) is 0 Å². The van der Waals surface area contributed by atoms with Crippen LogP contribution in [0.1, 0.15) is 82.1 Å². The number of hydrogen-bond donors (Lipinski definition) is 2. The largest absolute Gasteiger partial charge is 0.508 e. The number of benzene rings is 3. The molecule has 0 fully saturated rings. The monoisotopic (exact) mass is 523 g/mol. The second-order valence-corrected chi connectivity index (χ2v) is 9.62. The van der Waals surface area contributed by atoms with Gasteiger partial charge in [0.2, 0.25) is 0 Å². The molecule has 0 spiro atoms. The van der Waals surface area contributed by atoms with Crippen molar-refractivity contribution < 1.29 is 10.2 Å². The molecule has 0 saturated heterocycles. The number of phenolic OH excluding ortho intramolecular Hbond substituents is 2. The topological polar surface area (TPSA) is 70.7 Å². The minimum atomic E-state index is 0.232. The summed E-state index contributed by atoms with van der Waals surface area (Å²) in [6.07, 6.45) is 4.65. The lowest BCUT2D eigenvalue weighted by molar-refractivity contribution is 0.474. The summed E-state index contributed by atoms with van der Waals surface area (Å²) in [6, 6.07) is 24.8. The Labute approximate surface area is 232 Å².